The maximum atomic E-state index is 12.9. The number of amides is 1. The molecular weight excluding hydrogens is 322 g/mol. The molecule has 0 radical (unpaired) electrons. The number of carboxylic acid groups (broad SMARTS) is 1. The fourth-order valence-corrected chi connectivity index (χ4v) is 3.07. The Hall–Kier alpha value is -2.67. The molecule has 25 heavy (non-hydrogen) atoms. The summed E-state index contributed by atoms with van der Waals surface area (Å²) in [6.45, 7) is 2.60. The van der Waals surface area contributed by atoms with Gasteiger partial charge in [-0.3, -0.25) is 9.59 Å². The van der Waals surface area contributed by atoms with Crippen LogP contribution in [0.2, 0.25) is 0 Å². The summed E-state index contributed by atoms with van der Waals surface area (Å²) in [5, 5.41) is 13.6. The molecule has 3 rings (SSSR count). The van der Waals surface area contributed by atoms with Crippen LogP contribution in [0.25, 0.3) is 5.69 Å². The fraction of sp³-hybridized carbons (Fsp3) is 0.389. The molecule has 0 saturated carbocycles. The molecule has 0 atom stereocenters. The minimum absolute atomic E-state index is 0.139. The second-order valence-corrected chi connectivity index (χ2v) is 6.09. The average molecular weight is 343 g/mol. The molecule has 1 N–H and O–H groups in total. The molecule has 0 unspecified atom stereocenters. The summed E-state index contributed by atoms with van der Waals surface area (Å²) in [6.07, 6.45) is 1.27. The molecule has 0 bridgehead atoms. The van der Waals surface area contributed by atoms with E-state index in [0.29, 0.717) is 26.1 Å². The van der Waals surface area contributed by atoms with E-state index in [1.807, 2.05) is 37.3 Å². The van der Waals surface area contributed by atoms with Crippen molar-refractivity contribution in [3.63, 3.8) is 0 Å². The number of carbonyl (C=O) groups is 2. The van der Waals surface area contributed by atoms with Crippen LogP contribution in [0.1, 0.15) is 29.0 Å². The predicted octanol–water partition coefficient (Wildman–Crippen LogP) is 1.89. The standard InChI is InChI=1S/C18H21N3O4/c1-13-11-16(19-21(13)15-5-3-2-4-6-15)18(24)20(12-17(22)23)14-7-9-25-10-8-14/h2-6,11,14H,7-10,12H2,1H3,(H,22,23). The van der Waals surface area contributed by atoms with Gasteiger partial charge in [0, 0.05) is 24.9 Å². The highest BCUT2D eigenvalue weighted by Crippen LogP contribution is 2.19. The molecule has 1 fully saturated rings. The molecule has 1 aromatic carbocycles. The van der Waals surface area contributed by atoms with Crippen LogP contribution in [0, 0.1) is 6.92 Å². The lowest BCUT2D eigenvalue weighted by atomic mass is 10.1. The molecule has 1 aromatic heterocycles. The van der Waals surface area contributed by atoms with Crippen molar-refractivity contribution in [2.75, 3.05) is 19.8 Å². The Balaban J connectivity index is 1.88. The summed E-state index contributed by atoms with van der Waals surface area (Å²) in [6, 6.07) is 11.1. The van der Waals surface area contributed by atoms with Crippen molar-refractivity contribution in [2.45, 2.75) is 25.8 Å². The van der Waals surface area contributed by atoms with Gasteiger partial charge in [0.15, 0.2) is 5.69 Å². The van der Waals surface area contributed by atoms with E-state index in [1.165, 1.54) is 4.90 Å². The third-order valence-corrected chi connectivity index (χ3v) is 4.31. The molecule has 1 aliphatic rings. The van der Waals surface area contributed by atoms with Crippen LogP contribution in [-0.4, -0.2) is 57.5 Å². The maximum Gasteiger partial charge on any atom is 0.323 e. The van der Waals surface area contributed by atoms with Crippen LogP contribution < -0.4 is 0 Å². The number of carbonyl (C=O) groups excluding carboxylic acids is 1. The van der Waals surface area contributed by atoms with Gasteiger partial charge in [0.05, 0.1) is 5.69 Å². The maximum absolute atomic E-state index is 12.9. The first-order chi connectivity index (χ1) is 12.1. The topological polar surface area (TPSA) is 84.7 Å². The predicted molar refractivity (Wildman–Crippen MR) is 90.8 cm³/mol. The van der Waals surface area contributed by atoms with Crippen LogP contribution in [0.5, 0.6) is 0 Å². The van der Waals surface area contributed by atoms with Crippen LogP contribution in [-0.2, 0) is 9.53 Å². The average Bonchev–Trinajstić information content (AvgIpc) is 3.02. The lowest BCUT2D eigenvalue weighted by Gasteiger charge is -2.32. The van der Waals surface area contributed by atoms with Crippen LogP contribution in [0.3, 0.4) is 0 Å². The summed E-state index contributed by atoms with van der Waals surface area (Å²) in [7, 11) is 0. The molecule has 2 heterocycles. The van der Waals surface area contributed by atoms with Crippen LogP contribution in [0.4, 0.5) is 0 Å². The number of ether oxygens (including phenoxy) is 1. The zero-order valence-corrected chi connectivity index (χ0v) is 14.1. The fourth-order valence-electron chi connectivity index (χ4n) is 3.07. The second-order valence-electron chi connectivity index (χ2n) is 6.09. The Morgan fingerprint density at radius 3 is 2.60 bits per heavy atom. The van der Waals surface area contributed by atoms with E-state index in [9.17, 15) is 14.7 Å². The van der Waals surface area contributed by atoms with Crippen molar-refractivity contribution in [3.8, 4) is 5.69 Å². The molecular formula is C18H21N3O4. The first-order valence-electron chi connectivity index (χ1n) is 8.29. The Kier molecular flexibility index (Phi) is 5.14. The van der Waals surface area contributed by atoms with E-state index in [2.05, 4.69) is 5.10 Å². The minimum atomic E-state index is -1.03. The molecule has 7 heteroatoms. The number of hydrogen-bond donors (Lipinski definition) is 1. The van der Waals surface area contributed by atoms with Gasteiger partial charge in [0.25, 0.3) is 5.91 Å². The van der Waals surface area contributed by atoms with Gasteiger partial charge < -0.3 is 14.7 Å². The SMILES string of the molecule is Cc1cc(C(=O)N(CC(=O)O)C2CCOCC2)nn1-c1ccccc1. The van der Waals surface area contributed by atoms with E-state index < -0.39 is 5.97 Å². The highest BCUT2D eigenvalue weighted by Gasteiger charge is 2.30. The molecule has 132 valence electrons. The number of carboxylic acids is 1. The van der Waals surface area contributed by atoms with Crippen molar-refractivity contribution in [2.24, 2.45) is 0 Å². The summed E-state index contributed by atoms with van der Waals surface area (Å²) in [4.78, 5) is 25.6. The molecule has 0 aliphatic carbocycles. The van der Waals surface area contributed by atoms with E-state index in [1.54, 1.807) is 10.7 Å². The molecule has 1 saturated heterocycles. The zero-order chi connectivity index (χ0) is 17.8. The van der Waals surface area contributed by atoms with Crippen LogP contribution >= 0.6 is 0 Å². The number of aromatic nitrogens is 2. The van der Waals surface area contributed by atoms with Crippen molar-refractivity contribution < 1.29 is 19.4 Å². The lowest BCUT2D eigenvalue weighted by Crippen LogP contribution is -2.46. The Bertz CT molecular complexity index is 751. The number of aryl methyl sites for hydroxylation is 1. The normalized spacial score (nSPS) is 15.1. The summed E-state index contributed by atoms with van der Waals surface area (Å²) < 4.78 is 7.01. The first kappa shape index (κ1) is 17.2. The minimum Gasteiger partial charge on any atom is -0.480 e. The molecule has 1 aliphatic heterocycles. The van der Waals surface area contributed by atoms with E-state index in [0.717, 1.165) is 11.4 Å². The first-order valence-corrected chi connectivity index (χ1v) is 8.29. The second kappa shape index (κ2) is 7.48. The van der Waals surface area contributed by atoms with Gasteiger partial charge in [-0.1, -0.05) is 18.2 Å². The molecule has 2 aromatic rings. The number of aliphatic carboxylic acids is 1. The van der Waals surface area contributed by atoms with Crippen molar-refractivity contribution in [1.29, 1.82) is 0 Å². The lowest BCUT2D eigenvalue weighted by molar-refractivity contribution is -0.138. The number of rotatable bonds is 5. The summed E-state index contributed by atoms with van der Waals surface area (Å²) in [5.74, 6) is -1.38. The van der Waals surface area contributed by atoms with E-state index in [-0.39, 0.29) is 24.2 Å². The highest BCUT2D eigenvalue weighted by molar-refractivity contribution is 5.94. The monoisotopic (exact) mass is 343 g/mol. The van der Waals surface area contributed by atoms with Gasteiger partial charge >= 0.3 is 5.97 Å². The number of hydrogen-bond acceptors (Lipinski definition) is 4. The van der Waals surface area contributed by atoms with Crippen molar-refractivity contribution in [3.05, 3.63) is 47.8 Å². The summed E-state index contributed by atoms with van der Waals surface area (Å²) >= 11 is 0. The highest BCUT2D eigenvalue weighted by atomic mass is 16.5. The third kappa shape index (κ3) is 3.88. The van der Waals surface area contributed by atoms with E-state index >= 15 is 0 Å². The smallest absolute Gasteiger partial charge is 0.323 e. The molecule has 1 amide bonds. The van der Waals surface area contributed by atoms with Gasteiger partial charge in [0.1, 0.15) is 6.54 Å². The zero-order valence-electron chi connectivity index (χ0n) is 14.1. The van der Waals surface area contributed by atoms with Gasteiger partial charge in [-0.25, -0.2) is 4.68 Å². The van der Waals surface area contributed by atoms with E-state index in [4.69, 9.17) is 4.74 Å². The Labute approximate surface area is 145 Å². The number of benzene rings is 1. The quantitative estimate of drug-likeness (QED) is 0.896. The van der Waals surface area contributed by atoms with Crippen LogP contribution in [0.15, 0.2) is 36.4 Å². The largest absolute Gasteiger partial charge is 0.480 e. The molecule has 0 spiro atoms. The third-order valence-electron chi connectivity index (χ3n) is 4.31. The van der Waals surface area contributed by atoms with Gasteiger partial charge in [-0.2, -0.15) is 5.10 Å². The number of nitrogens with zero attached hydrogens (tertiary/aromatic N) is 3. The number of para-hydroxylation sites is 1. The van der Waals surface area contributed by atoms with Crippen molar-refractivity contribution >= 4 is 11.9 Å². The van der Waals surface area contributed by atoms with Gasteiger partial charge in [-0.05, 0) is 38.0 Å². The van der Waals surface area contributed by atoms with Gasteiger partial charge in [0.2, 0.25) is 0 Å². The molecule has 7 nitrogen and oxygen atoms in total. The Morgan fingerprint density at radius 1 is 1.28 bits per heavy atom. The van der Waals surface area contributed by atoms with Gasteiger partial charge in [-0.15, -0.1) is 0 Å². The van der Waals surface area contributed by atoms with Crippen molar-refractivity contribution in [1.82, 2.24) is 14.7 Å². The summed E-state index contributed by atoms with van der Waals surface area (Å²) in [5.41, 5.74) is 1.93. The Morgan fingerprint density at radius 2 is 1.96 bits per heavy atom.